The predicted molar refractivity (Wildman–Crippen MR) is 177 cm³/mol. The number of ether oxygens (including phenoxy) is 2. The number of nitrogens with zero attached hydrogens (tertiary/aromatic N) is 4. The van der Waals surface area contributed by atoms with Gasteiger partial charge in [0.05, 0.1) is 35.5 Å². The molecule has 242 valence electrons. The maximum absolute atomic E-state index is 14.2. The van der Waals surface area contributed by atoms with E-state index in [0.717, 1.165) is 17.6 Å². The van der Waals surface area contributed by atoms with Gasteiger partial charge in [-0.15, -0.1) is 0 Å². The van der Waals surface area contributed by atoms with Crippen molar-refractivity contribution >= 4 is 46.3 Å². The summed E-state index contributed by atoms with van der Waals surface area (Å²) in [5, 5.41) is 10.9. The number of pyridine rings is 1. The van der Waals surface area contributed by atoms with Crippen molar-refractivity contribution in [2.24, 2.45) is 0 Å². The molecular formula is C35H27ClF2N6O4. The molecule has 0 unspecified atom stereocenters. The lowest BCUT2D eigenvalue weighted by Crippen LogP contribution is -2.15. The van der Waals surface area contributed by atoms with Crippen LogP contribution in [0.4, 0.5) is 26.1 Å². The summed E-state index contributed by atoms with van der Waals surface area (Å²) >= 11 is 6.45. The molecule has 6 rings (SSSR count). The summed E-state index contributed by atoms with van der Waals surface area (Å²) in [6.07, 6.45) is 4.15. The molecule has 10 nitrogen and oxygen atoms in total. The lowest BCUT2D eigenvalue weighted by atomic mass is 10.0. The first-order chi connectivity index (χ1) is 23.3. The highest BCUT2D eigenvalue weighted by Crippen LogP contribution is 2.36. The zero-order chi connectivity index (χ0) is 33.6. The molecule has 3 heterocycles. The van der Waals surface area contributed by atoms with Crippen molar-refractivity contribution in [3.63, 3.8) is 0 Å². The average molecular weight is 669 g/mol. The van der Waals surface area contributed by atoms with Gasteiger partial charge in [-0.05, 0) is 67.1 Å². The number of anilines is 3. The smallest absolute Gasteiger partial charge is 0.305 e. The molecular weight excluding hydrogens is 642 g/mol. The van der Waals surface area contributed by atoms with Gasteiger partial charge in [0.15, 0.2) is 0 Å². The summed E-state index contributed by atoms with van der Waals surface area (Å²) in [6, 6.07) is 22.6. The third-order valence-electron chi connectivity index (χ3n) is 7.23. The SMILES string of the molecule is COC(=O)CCCOc1ccc(Nc2nccc(-c3c(-c4cccc(NC(=O)c5c(F)cccc5F)c4)nn4ccccc34)n2)cc1Cl. The quantitative estimate of drug-likeness (QED) is 0.106. The van der Waals surface area contributed by atoms with Gasteiger partial charge in [-0.3, -0.25) is 9.59 Å². The Morgan fingerprint density at radius 2 is 1.75 bits per heavy atom. The van der Waals surface area contributed by atoms with Gasteiger partial charge in [0, 0.05) is 35.8 Å². The Bertz CT molecular complexity index is 2120. The molecule has 0 aliphatic carbocycles. The van der Waals surface area contributed by atoms with E-state index in [9.17, 15) is 18.4 Å². The molecule has 0 aliphatic rings. The first kappa shape index (κ1) is 32.1. The number of hydrogen-bond acceptors (Lipinski definition) is 8. The van der Waals surface area contributed by atoms with E-state index in [4.69, 9.17) is 26.4 Å². The van der Waals surface area contributed by atoms with E-state index in [1.165, 1.54) is 13.2 Å². The van der Waals surface area contributed by atoms with Gasteiger partial charge in [0.1, 0.15) is 28.6 Å². The number of methoxy groups -OCH3 is 1. The highest BCUT2D eigenvalue weighted by molar-refractivity contribution is 6.32. The molecule has 1 amide bonds. The maximum atomic E-state index is 14.2. The Morgan fingerprint density at radius 3 is 2.54 bits per heavy atom. The van der Waals surface area contributed by atoms with Crippen LogP contribution < -0.4 is 15.4 Å². The van der Waals surface area contributed by atoms with Crippen LogP contribution in [0.1, 0.15) is 23.2 Å². The first-order valence-corrected chi connectivity index (χ1v) is 15.1. The number of carbonyl (C=O) groups is 2. The Kier molecular flexibility index (Phi) is 9.53. The summed E-state index contributed by atoms with van der Waals surface area (Å²) in [6.45, 7) is 0.300. The van der Waals surface area contributed by atoms with E-state index >= 15 is 0 Å². The van der Waals surface area contributed by atoms with Crippen LogP contribution in [0.25, 0.3) is 28.0 Å². The number of esters is 1. The monoisotopic (exact) mass is 668 g/mol. The van der Waals surface area contributed by atoms with Gasteiger partial charge in [0.2, 0.25) is 5.95 Å². The number of aromatic nitrogens is 4. The number of nitrogens with one attached hydrogen (secondary N) is 2. The Balaban J connectivity index is 1.26. The number of fused-ring (bicyclic) bond motifs is 1. The minimum Gasteiger partial charge on any atom is -0.492 e. The Morgan fingerprint density at radius 1 is 0.938 bits per heavy atom. The van der Waals surface area contributed by atoms with Crippen LogP contribution in [-0.4, -0.2) is 45.2 Å². The maximum Gasteiger partial charge on any atom is 0.305 e. The predicted octanol–water partition coefficient (Wildman–Crippen LogP) is 7.72. The number of carbonyl (C=O) groups excluding carboxylic acids is 2. The zero-order valence-corrected chi connectivity index (χ0v) is 26.2. The highest BCUT2D eigenvalue weighted by atomic mass is 35.5. The van der Waals surface area contributed by atoms with E-state index in [1.807, 2.05) is 24.3 Å². The van der Waals surface area contributed by atoms with Crippen molar-refractivity contribution in [3.8, 4) is 28.3 Å². The standard InChI is InChI=1S/C35H27ClF2N6O4/c1-47-30(45)12-6-18-48-29-14-13-23(20-24(29)36)41-35-39-16-15-27(42-35)32-28-11-2-3-17-44(28)43-33(32)21-7-4-8-22(19-21)40-34(46)31-25(37)9-5-10-26(31)38/h2-5,7-11,13-17,19-20H,6,12,18H2,1H3,(H,40,46)(H,39,41,42). The summed E-state index contributed by atoms with van der Waals surface area (Å²) < 4.78 is 40.5. The van der Waals surface area contributed by atoms with Crippen LogP contribution in [0.5, 0.6) is 5.75 Å². The van der Waals surface area contributed by atoms with Gasteiger partial charge in [0.25, 0.3) is 5.91 Å². The van der Waals surface area contributed by atoms with Crippen LogP contribution in [0, 0.1) is 11.6 Å². The van der Waals surface area contributed by atoms with Gasteiger partial charge < -0.3 is 20.1 Å². The second-order valence-corrected chi connectivity index (χ2v) is 10.9. The van der Waals surface area contributed by atoms with Crippen LogP contribution >= 0.6 is 11.6 Å². The van der Waals surface area contributed by atoms with Crippen LogP contribution in [0.2, 0.25) is 5.02 Å². The van der Waals surface area contributed by atoms with E-state index < -0.39 is 23.1 Å². The average Bonchev–Trinajstić information content (AvgIpc) is 3.47. The van der Waals surface area contributed by atoms with E-state index in [2.05, 4.69) is 20.4 Å². The number of rotatable bonds is 11. The minimum atomic E-state index is -0.960. The number of amides is 1. The molecule has 13 heteroatoms. The summed E-state index contributed by atoms with van der Waals surface area (Å²) in [7, 11) is 1.34. The first-order valence-electron chi connectivity index (χ1n) is 14.7. The van der Waals surface area contributed by atoms with Gasteiger partial charge in [-0.1, -0.05) is 35.9 Å². The molecule has 6 aromatic rings. The molecule has 0 radical (unpaired) electrons. The third-order valence-corrected chi connectivity index (χ3v) is 7.53. The van der Waals surface area contributed by atoms with E-state index in [1.54, 1.807) is 59.4 Å². The molecule has 0 saturated heterocycles. The fraction of sp³-hybridized carbons (Fsp3) is 0.114. The molecule has 48 heavy (non-hydrogen) atoms. The fourth-order valence-corrected chi connectivity index (χ4v) is 5.22. The van der Waals surface area contributed by atoms with Gasteiger partial charge >= 0.3 is 5.97 Å². The molecule has 0 aliphatic heterocycles. The molecule has 3 aromatic heterocycles. The molecule has 0 bridgehead atoms. The minimum absolute atomic E-state index is 0.245. The van der Waals surface area contributed by atoms with Crippen molar-refractivity contribution in [2.45, 2.75) is 12.8 Å². The third kappa shape index (κ3) is 7.08. The lowest BCUT2D eigenvalue weighted by Gasteiger charge is -2.11. The van der Waals surface area contributed by atoms with Crippen LogP contribution in [0.15, 0.2) is 97.3 Å². The number of benzene rings is 3. The molecule has 0 fully saturated rings. The summed E-state index contributed by atoms with van der Waals surface area (Å²) in [5.74, 6) is -2.38. The van der Waals surface area contributed by atoms with Crippen LogP contribution in [-0.2, 0) is 9.53 Å². The Labute approximate surface area is 278 Å². The molecule has 0 atom stereocenters. The van der Waals surface area contributed by atoms with Crippen molar-refractivity contribution in [2.75, 3.05) is 24.4 Å². The number of hydrogen-bond donors (Lipinski definition) is 2. The van der Waals surface area contributed by atoms with Gasteiger partial charge in [-0.25, -0.2) is 23.3 Å². The summed E-state index contributed by atoms with van der Waals surface area (Å²) in [4.78, 5) is 33.2. The van der Waals surface area contributed by atoms with Crippen molar-refractivity contribution in [1.29, 1.82) is 0 Å². The van der Waals surface area contributed by atoms with Gasteiger partial charge in [-0.2, -0.15) is 5.10 Å². The number of halogens is 3. The highest BCUT2D eigenvalue weighted by Gasteiger charge is 2.20. The second kappa shape index (κ2) is 14.3. The normalized spacial score (nSPS) is 10.9. The second-order valence-electron chi connectivity index (χ2n) is 10.4. The topological polar surface area (TPSA) is 120 Å². The Hall–Kier alpha value is -5.88. The van der Waals surface area contributed by atoms with E-state index in [0.29, 0.717) is 63.6 Å². The largest absolute Gasteiger partial charge is 0.492 e. The van der Waals surface area contributed by atoms with Crippen molar-refractivity contribution in [1.82, 2.24) is 19.6 Å². The fourth-order valence-electron chi connectivity index (χ4n) is 4.99. The zero-order valence-electron chi connectivity index (χ0n) is 25.4. The lowest BCUT2D eigenvalue weighted by molar-refractivity contribution is -0.140. The molecule has 2 N–H and O–H groups in total. The molecule has 0 spiro atoms. The summed E-state index contributed by atoms with van der Waals surface area (Å²) in [5.41, 5.74) is 3.46. The molecule has 0 saturated carbocycles. The van der Waals surface area contributed by atoms with Crippen molar-refractivity contribution in [3.05, 3.63) is 120 Å². The van der Waals surface area contributed by atoms with E-state index in [-0.39, 0.29) is 12.4 Å². The van der Waals surface area contributed by atoms with Crippen molar-refractivity contribution < 1.29 is 27.8 Å². The molecule has 3 aromatic carbocycles. The van der Waals surface area contributed by atoms with Crippen LogP contribution in [0.3, 0.4) is 0 Å².